The summed E-state index contributed by atoms with van der Waals surface area (Å²) in [5.41, 5.74) is 5.35. The molecule has 7 heteroatoms. The highest BCUT2D eigenvalue weighted by molar-refractivity contribution is 8.19. The van der Waals surface area contributed by atoms with E-state index >= 15 is 0 Å². The number of carbonyl (C=O) groups excluding carboxylic acids is 1. The molecule has 1 amide bonds. The number of thioether (sulfide) groups is 1. The molecule has 0 radical (unpaired) electrons. The van der Waals surface area contributed by atoms with Gasteiger partial charge in [-0.2, -0.15) is 0 Å². The second kappa shape index (κ2) is 11.5. The van der Waals surface area contributed by atoms with Crippen molar-refractivity contribution in [2.75, 3.05) is 4.90 Å². The molecule has 0 aromatic heterocycles. The smallest absolute Gasteiger partial charge is 0.271 e. The predicted molar refractivity (Wildman–Crippen MR) is 160 cm³/mol. The molecule has 1 aliphatic rings. The summed E-state index contributed by atoms with van der Waals surface area (Å²) in [7, 11) is 0. The van der Waals surface area contributed by atoms with Gasteiger partial charge in [-0.25, -0.2) is 4.99 Å². The lowest BCUT2D eigenvalue weighted by molar-refractivity contribution is -0.113. The van der Waals surface area contributed by atoms with Gasteiger partial charge < -0.3 is 4.74 Å². The molecule has 1 fully saturated rings. The van der Waals surface area contributed by atoms with E-state index in [0.29, 0.717) is 31.4 Å². The molecular formula is C31H24Cl2N2O2S. The van der Waals surface area contributed by atoms with E-state index < -0.39 is 0 Å². The van der Waals surface area contributed by atoms with E-state index in [0.717, 1.165) is 28.1 Å². The van der Waals surface area contributed by atoms with Crippen molar-refractivity contribution in [3.8, 4) is 5.75 Å². The first kappa shape index (κ1) is 26.1. The van der Waals surface area contributed by atoms with Gasteiger partial charge in [-0.15, -0.1) is 0 Å². The van der Waals surface area contributed by atoms with Crippen LogP contribution < -0.4 is 9.64 Å². The zero-order chi connectivity index (χ0) is 26.6. The van der Waals surface area contributed by atoms with Crippen LogP contribution in [0.5, 0.6) is 5.75 Å². The van der Waals surface area contributed by atoms with Gasteiger partial charge in [0.05, 0.1) is 16.3 Å². The van der Waals surface area contributed by atoms with E-state index in [1.165, 1.54) is 11.8 Å². The van der Waals surface area contributed by atoms with Crippen molar-refractivity contribution >= 4 is 63.5 Å². The normalized spacial score (nSPS) is 15.5. The molecule has 38 heavy (non-hydrogen) atoms. The van der Waals surface area contributed by atoms with E-state index in [1.54, 1.807) is 29.2 Å². The van der Waals surface area contributed by atoms with Crippen LogP contribution in [0.3, 0.4) is 0 Å². The van der Waals surface area contributed by atoms with Gasteiger partial charge in [0.25, 0.3) is 5.91 Å². The van der Waals surface area contributed by atoms with Crippen LogP contribution in [-0.2, 0) is 11.4 Å². The van der Waals surface area contributed by atoms with Gasteiger partial charge in [-0.1, -0.05) is 76.8 Å². The molecule has 0 saturated carbocycles. The Balaban J connectivity index is 1.51. The average Bonchev–Trinajstić information content (AvgIpc) is 3.20. The molecule has 190 valence electrons. The van der Waals surface area contributed by atoms with E-state index in [2.05, 4.69) is 0 Å². The Morgan fingerprint density at radius 1 is 0.895 bits per heavy atom. The molecule has 4 nitrogen and oxygen atoms in total. The standard InChI is InChI=1S/C31H24Cl2N2O2S/c1-20-7-12-25(13-8-20)34-31-35(26-14-9-21(2)10-15-26)30(36)29(38-31)18-23-17-24(32)11-16-28(23)37-19-22-5-3-4-6-27(22)33/h3-18H,19H2,1-2H3/b29-18-,34-31?. The number of benzene rings is 4. The van der Waals surface area contributed by atoms with Gasteiger partial charge in [0.2, 0.25) is 0 Å². The number of hydrogen-bond donors (Lipinski definition) is 0. The Morgan fingerprint density at radius 3 is 2.29 bits per heavy atom. The highest BCUT2D eigenvalue weighted by atomic mass is 35.5. The lowest BCUT2D eigenvalue weighted by atomic mass is 10.1. The maximum atomic E-state index is 13.7. The third-order valence-corrected chi connectivity index (χ3v) is 7.53. The number of hydrogen-bond acceptors (Lipinski definition) is 4. The van der Waals surface area contributed by atoms with Crippen LogP contribution in [0.1, 0.15) is 22.3 Å². The first-order valence-corrected chi connectivity index (χ1v) is 13.6. The first-order valence-electron chi connectivity index (χ1n) is 12.0. The number of rotatable bonds is 6. The quantitative estimate of drug-likeness (QED) is 0.222. The van der Waals surface area contributed by atoms with Crippen LogP contribution in [0.2, 0.25) is 10.0 Å². The van der Waals surface area contributed by atoms with Crippen molar-refractivity contribution in [2.24, 2.45) is 4.99 Å². The molecule has 0 aliphatic carbocycles. The molecule has 0 bridgehead atoms. The van der Waals surface area contributed by atoms with E-state index in [9.17, 15) is 4.79 Å². The molecule has 0 atom stereocenters. The molecule has 0 spiro atoms. The summed E-state index contributed by atoms with van der Waals surface area (Å²) >= 11 is 14.0. The van der Waals surface area contributed by atoms with Crippen molar-refractivity contribution in [1.82, 2.24) is 0 Å². The molecule has 1 heterocycles. The van der Waals surface area contributed by atoms with Gasteiger partial charge in [-0.3, -0.25) is 9.69 Å². The van der Waals surface area contributed by atoms with Crippen LogP contribution in [-0.4, -0.2) is 11.1 Å². The zero-order valence-corrected chi connectivity index (χ0v) is 23.1. The van der Waals surface area contributed by atoms with Gasteiger partial charge >= 0.3 is 0 Å². The number of ether oxygens (including phenoxy) is 1. The second-order valence-electron chi connectivity index (χ2n) is 8.88. The minimum atomic E-state index is -0.165. The van der Waals surface area contributed by atoms with Crippen molar-refractivity contribution in [1.29, 1.82) is 0 Å². The Hall–Kier alpha value is -3.51. The van der Waals surface area contributed by atoms with Crippen LogP contribution >= 0.6 is 35.0 Å². The summed E-state index contributed by atoms with van der Waals surface area (Å²) in [5, 5.41) is 1.75. The van der Waals surface area contributed by atoms with E-state index in [-0.39, 0.29) is 12.5 Å². The van der Waals surface area contributed by atoms with Crippen LogP contribution in [0.15, 0.2) is 101 Å². The van der Waals surface area contributed by atoms with Crippen LogP contribution in [0.25, 0.3) is 6.08 Å². The Morgan fingerprint density at radius 2 is 1.58 bits per heavy atom. The number of amides is 1. The highest BCUT2D eigenvalue weighted by Crippen LogP contribution is 2.39. The fourth-order valence-corrected chi connectivity index (χ4v) is 5.24. The molecule has 4 aromatic carbocycles. The number of carbonyl (C=O) groups is 1. The summed E-state index contributed by atoms with van der Waals surface area (Å²) in [6, 6.07) is 28.6. The second-order valence-corrected chi connectivity index (χ2v) is 10.7. The van der Waals surface area contributed by atoms with Gasteiger partial charge in [-0.05, 0) is 80.2 Å². The third-order valence-electron chi connectivity index (χ3n) is 5.96. The molecule has 1 saturated heterocycles. The molecule has 4 aromatic rings. The fraction of sp³-hybridized carbons (Fsp3) is 0.0968. The van der Waals surface area contributed by atoms with Crippen LogP contribution in [0.4, 0.5) is 11.4 Å². The average molecular weight is 560 g/mol. The molecule has 0 N–H and O–H groups in total. The van der Waals surface area contributed by atoms with Gasteiger partial charge in [0, 0.05) is 21.2 Å². The lowest BCUT2D eigenvalue weighted by Gasteiger charge is -2.16. The van der Waals surface area contributed by atoms with E-state index in [1.807, 2.05) is 86.6 Å². The maximum Gasteiger partial charge on any atom is 0.271 e. The topological polar surface area (TPSA) is 41.9 Å². The monoisotopic (exact) mass is 558 g/mol. The van der Waals surface area contributed by atoms with E-state index in [4.69, 9.17) is 32.9 Å². The van der Waals surface area contributed by atoms with Crippen molar-refractivity contribution < 1.29 is 9.53 Å². The minimum absolute atomic E-state index is 0.165. The molecule has 5 rings (SSSR count). The molecule has 0 unspecified atom stereocenters. The van der Waals surface area contributed by atoms with Gasteiger partial charge in [0.1, 0.15) is 12.4 Å². The van der Waals surface area contributed by atoms with Gasteiger partial charge in [0.15, 0.2) is 5.17 Å². The first-order chi connectivity index (χ1) is 18.4. The highest BCUT2D eigenvalue weighted by Gasteiger charge is 2.35. The fourth-order valence-electron chi connectivity index (χ4n) is 3.88. The summed E-state index contributed by atoms with van der Waals surface area (Å²) in [6.45, 7) is 4.33. The van der Waals surface area contributed by atoms with Crippen LogP contribution in [0, 0.1) is 13.8 Å². The van der Waals surface area contributed by atoms with Crippen molar-refractivity contribution in [3.63, 3.8) is 0 Å². The van der Waals surface area contributed by atoms with Crippen molar-refractivity contribution in [2.45, 2.75) is 20.5 Å². The largest absolute Gasteiger partial charge is 0.488 e. The number of amidine groups is 1. The number of halogens is 2. The number of aryl methyl sites for hydroxylation is 2. The Kier molecular flexibility index (Phi) is 7.89. The Labute approximate surface area is 236 Å². The SMILES string of the molecule is Cc1ccc(N=C2S/C(=C\c3cc(Cl)ccc3OCc3ccccc3Cl)C(=O)N2c2ccc(C)cc2)cc1. The minimum Gasteiger partial charge on any atom is -0.488 e. The predicted octanol–water partition coefficient (Wildman–Crippen LogP) is 9.00. The van der Waals surface area contributed by atoms with Crippen molar-refractivity contribution in [3.05, 3.63) is 128 Å². The Bertz CT molecular complexity index is 1550. The summed E-state index contributed by atoms with van der Waals surface area (Å²) in [5.74, 6) is 0.433. The molecule has 1 aliphatic heterocycles. The third kappa shape index (κ3) is 5.97. The number of nitrogens with zero attached hydrogens (tertiary/aromatic N) is 2. The number of aliphatic imine (C=N–C) groups is 1. The summed E-state index contributed by atoms with van der Waals surface area (Å²) in [6.07, 6.45) is 1.81. The molecular weight excluding hydrogens is 535 g/mol. The maximum absolute atomic E-state index is 13.7. The zero-order valence-electron chi connectivity index (χ0n) is 20.8. The summed E-state index contributed by atoms with van der Waals surface area (Å²) in [4.78, 5) is 20.7. The summed E-state index contributed by atoms with van der Waals surface area (Å²) < 4.78 is 6.11. The lowest BCUT2D eigenvalue weighted by Crippen LogP contribution is -2.28. The number of anilines is 1.